The van der Waals surface area contributed by atoms with Crippen LogP contribution in [0.5, 0.6) is 0 Å². The number of sulfone groups is 1. The summed E-state index contributed by atoms with van der Waals surface area (Å²) in [5.74, 6) is 0.530. The van der Waals surface area contributed by atoms with E-state index in [-0.39, 0.29) is 5.75 Å². The van der Waals surface area contributed by atoms with Gasteiger partial charge in [-0.25, -0.2) is 8.42 Å². The zero-order valence-corrected chi connectivity index (χ0v) is 8.86. The Kier molecular flexibility index (Phi) is 3.93. The van der Waals surface area contributed by atoms with Crippen molar-refractivity contribution in [1.29, 1.82) is 0 Å². The van der Waals surface area contributed by atoms with Gasteiger partial charge in [0.05, 0.1) is 11.5 Å². The molecule has 1 saturated heterocycles. The van der Waals surface area contributed by atoms with Crippen LogP contribution in [0.1, 0.15) is 19.8 Å². The topological polar surface area (TPSA) is 46.2 Å². The van der Waals surface area contributed by atoms with Crippen molar-refractivity contribution < 1.29 is 8.42 Å². The molecule has 13 heavy (non-hydrogen) atoms. The van der Waals surface area contributed by atoms with Crippen LogP contribution in [-0.2, 0) is 9.84 Å². The van der Waals surface area contributed by atoms with Gasteiger partial charge in [-0.05, 0) is 19.4 Å². The van der Waals surface area contributed by atoms with Crippen LogP contribution in [0.15, 0.2) is 11.6 Å². The number of nitrogens with one attached hydrogen (secondary N) is 1. The minimum atomic E-state index is -2.82. The highest BCUT2D eigenvalue weighted by Gasteiger charge is 2.09. The fourth-order valence-corrected chi connectivity index (χ4v) is 2.68. The number of rotatable bonds is 4. The summed E-state index contributed by atoms with van der Waals surface area (Å²) in [5.41, 5.74) is 1.24. The van der Waals surface area contributed by atoms with E-state index in [1.807, 2.05) is 13.0 Å². The molecular formula is C9H17NO2S. The molecular weight excluding hydrogens is 186 g/mol. The summed E-state index contributed by atoms with van der Waals surface area (Å²) in [4.78, 5) is 0. The molecule has 0 unspecified atom stereocenters. The van der Waals surface area contributed by atoms with Crippen molar-refractivity contribution in [3.63, 3.8) is 0 Å². The van der Waals surface area contributed by atoms with Crippen LogP contribution >= 0.6 is 0 Å². The lowest BCUT2D eigenvalue weighted by molar-refractivity contribution is 0.597. The zero-order chi connectivity index (χ0) is 9.73. The van der Waals surface area contributed by atoms with Crippen molar-refractivity contribution in [3.05, 3.63) is 11.6 Å². The number of hydrogen-bond donors (Lipinski definition) is 1. The molecule has 3 nitrogen and oxygen atoms in total. The summed E-state index contributed by atoms with van der Waals surface area (Å²) >= 11 is 0. The van der Waals surface area contributed by atoms with Crippen LogP contribution in [0.2, 0.25) is 0 Å². The normalized spacial score (nSPS) is 21.2. The van der Waals surface area contributed by atoms with E-state index in [4.69, 9.17) is 0 Å². The highest BCUT2D eigenvalue weighted by atomic mass is 32.2. The van der Waals surface area contributed by atoms with E-state index in [0.29, 0.717) is 12.2 Å². The predicted molar refractivity (Wildman–Crippen MR) is 54.5 cm³/mol. The smallest absolute Gasteiger partial charge is 0.153 e. The maximum atomic E-state index is 11.3. The van der Waals surface area contributed by atoms with Gasteiger partial charge in [0.25, 0.3) is 0 Å². The first-order valence-electron chi connectivity index (χ1n) is 4.73. The highest BCUT2D eigenvalue weighted by molar-refractivity contribution is 7.91. The molecule has 0 spiro atoms. The second-order valence-corrected chi connectivity index (χ2v) is 5.63. The summed E-state index contributed by atoms with van der Waals surface area (Å²) in [5, 5.41) is 3.18. The number of hydrogen-bond acceptors (Lipinski definition) is 3. The molecule has 0 atom stereocenters. The molecule has 4 heteroatoms. The molecule has 0 saturated carbocycles. The maximum absolute atomic E-state index is 11.3. The Morgan fingerprint density at radius 3 is 2.85 bits per heavy atom. The van der Waals surface area contributed by atoms with Gasteiger partial charge in [0.1, 0.15) is 0 Å². The third-order valence-corrected chi connectivity index (χ3v) is 3.82. The molecule has 1 aliphatic rings. The van der Waals surface area contributed by atoms with Crippen LogP contribution in [0, 0.1) is 0 Å². The molecule has 0 aromatic rings. The summed E-state index contributed by atoms with van der Waals surface area (Å²) in [6.45, 7) is 3.74. The van der Waals surface area contributed by atoms with Crippen molar-refractivity contribution >= 4 is 9.84 Å². The van der Waals surface area contributed by atoms with Crippen LogP contribution in [0.3, 0.4) is 0 Å². The molecule has 0 amide bonds. The quantitative estimate of drug-likeness (QED) is 0.685. The Hall–Kier alpha value is -0.350. The Morgan fingerprint density at radius 2 is 2.31 bits per heavy atom. The highest BCUT2D eigenvalue weighted by Crippen LogP contribution is 2.06. The van der Waals surface area contributed by atoms with Gasteiger partial charge in [-0.1, -0.05) is 18.6 Å². The average Bonchev–Trinajstić information content (AvgIpc) is 2.52. The van der Waals surface area contributed by atoms with Gasteiger partial charge in [0, 0.05) is 6.54 Å². The second-order valence-electron chi connectivity index (χ2n) is 3.40. The molecule has 1 rings (SSSR count). The minimum absolute atomic E-state index is 0.220. The molecule has 0 aromatic heterocycles. The van der Waals surface area contributed by atoms with E-state index >= 15 is 0 Å². The molecule has 1 N–H and O–H groups in total. The van der Waals surface area contributed by atoms with E-state index in [2.05, 4.69) is 5.32 Å². The standard InChI is InChI=1S/C9H17NO2S/c1-2-6-13(11,12)7-4-9-3-5-10-8-9/h4,10H,2-3,5-8H2,1H3/b9-4-. The first kappa shape index (κ1) is 10.7. The third-order valence-electron chi connectivity index (χ3n) is 2.12. The van der Waals surface area contributed by atoms with Crippen LogP contribution in [0.25, 0.3) is 0 Å². The van der Waals surface area contributed by atoms with Crippen molar-refractivity contribution in [2.24, 2.45) is 0 Å². The lowest BCUT2D eigenvalue weighted by Gasteiger charge is -1.98. The fourth-order valence-electron chi connectivity index (χ4n) is 1.40. The minimum Gasteiger partial charge on any atom is -0.313 e. The van der Waals surface area contributed by atoms with E-state index < -0.39 is 9.84 Å². The van der Waals surface area contributed by atoms with Gasteiger partial charge >= 0.3 is 0 Å². The summed E-state index contributed by atoms with van der Waals surface area (Å²) in [6, 6.07) is 0. The first-order chi connectivity index (χ1) is 6.14. The Bertz CT molecular complexity index is 272. The second kappa shape index (κ2) is 4.77. The van der Waals surface area contributed by atoms with Crippen molar-refractivity contribution in [2.45, 2.75) is 19.8 Å². The van der Waals surface area contributed by atoms with Crippen molar-refractivity contribution in [2.75, 3.05) is 24.6 Å². The van der Waals surface area contributed by atoms with E-state index in [1.54, 1.807) is 0 Å². The molecule has 0 aromatic carbocycles. The zero-order valence-electron chi connectivity index (χ0n) is 8.04. The first-order valence-corrected chi connectivity index (χ1v) is 6.55. The van der Waals surface area contributed by atoms with Crippen molar-refractivity contribution in [1.82, 2.24) is 5.32 Å². The molecule has 76 valence electrons. The Balaban J connectivity index is 2.44. The molecule has 0 aliphatic carbocycles. The van der Waals surface area contributed by atoms with Crippen molar-refractivity contribution in [3.8, 4) is 0 Å². The fraction of sp³-hybridized carbons (Fsp3) is 0.778. The van der Waals surface area contributed by atoms with Gasteiger partial charge in [-0.2, -0.15) is 0 Å². The average molecular weight is 203 g/mol. The summed E-state index contributed by atoms with van der Waals surface area (Å²) in [7, 11) is -2.82. The Labute approximate surface area is 80.1 Å². The third kappa shape index (κ3) is 3.91. The van der Waals surface area contributed by atoms with Gasteiger partial charge in [0.2, 0.25) is 0 Å². The van der Waals surface area contributed by atoms with E-state index in [0.717, 1.165) is 19.5 Å². The van der Waals surface area contributed by atoms with Gasteiger partial charge in [-0.3, -0.25) is 0 Å². The molecule has 0 bridgehead atoms. The summed E-state index contributed by atoms with van der Waals surface area (Å²) < 4.78 is 22.6. The van der Waals surface area contributed by atoms with Crippen LogP contribution < -0.4 is 5.32 Å². The van der Waals surface area contributed by atoms with Gasteiger partial charge in [0.15, 0.2) is 9.84 Å². The van der Waals surface area contributed by atoms with Crippen LogP contribution in [0.4, 0.5) is 0 Å². The lowest BCUT2D eigenvalue weighted by atomic mass is 10.2. The van der Waals surface area contributed by atoms with Crippen LogP contribution in [-0.4, -0.2) is 33.0 Å². The summed E-state index contributed by atoms with van der Waals surface area (Å²) in [6.07, 6.45) is 3.58. The van der Waals surface area contributed by atoms with Gasteiger partial charge in [-0.15, -0.1) is 0 Å². The maximum Gasteiger partial charge on any atom is 0.153 e. The largest absolute Gasteiger partial charge is 0.313 e. The van der Waals surface area contributed by atoms with Gasteiger partial charge < -0.3 is 5.32 Å². The Morgan fingerprint density at radius 1 is 1.54 bits per heavy atom. The molecule has 1 heterocycles. The van der Waals surface area contributed by atoms with E-state index in [9.17, 15) is 8.42 Å². The van der Waals surface area contributed by atoms with E-state index in [1.165, 1.54) is 5.57 Å². The lowest BCUT2D eigenvalue weighted by Crippen LogP contribution is -2.09. The SMILES string of the molecule is CCCS(=O)(=O)C/C=C1/CCNC1. The molecule has 1 fully saturated rings. The monoisotopic (exact) mass is 203 g/mol. The molecule has 0 radical (unpaired) electrons. The molecule has 1 aliphatic heterocycles. The predicted octanol–water partition coefficient (Wildman–Crippen LogP) is 0.731.